The Morgan fingerprint density at radius 1 is 0.719 bits per heavy atom. The molecule has 0 bridgehead atoms. The molecule has 2 amide bonds. The summed E-state index contributed by atoms with van der Waals surface area (Å²) < 4.78 is 27.3. The van der Waals surface area contributed by atoms with E-state index >= 15 is 0 Å². The fourth-order valence-electron chi connectivity index (χ4n) is 4.14. The molecule has 5 nitrogen and oxygen atoms in total. The minimum Gasteiger partial charge on any atom is -0.368 e. The highest BCUT2D eigenvalue weighted by Gasteiger charge is 2.43. The number of piperazine rings is 1. The van der Waals surface area contributed by atoms with Crippen molar-refractivity contribution in [1.82, 2.24) is 4.90 Å². The van der Waals surface area contributed by atoms with Crippen molar-refractivity contribution in [2.24, 2.45) is 0 Å². The van der Waals surface area contributed by atoms with E-state index in [0.29, 0.717) is 42.3 Å². The van der Waals surface area contributed by atoms with Crippen LogP contribution >= 0.6 is 11.3 Å². The highest BCUT2D eigenvalue weighted by Crippen LogP contribution is 2.37. The van der Waals surface area contributed by atoms with E-state index in [0.717, 1.165) is 22.7 Å². The summed E-state index contributed by atoms with van der Waals surface area (Å²) in [5.41, 5.74) is 1.75. The van der Waals surface area contributed by atoms with Crippen LogP contribution in [-0.2, 0) is 9.59 Å². The standard InChI is InChI=1S/C24H19F2N3O2S/c25-18-9-8-17(15-19(18)26)29-23(30)21(20-7-4-14-32-20)22(24(29)31)28-12-10-27(11-13-28)16-5-2-1-3-6-16/h1-9,14-15H,10-13H2. The fraction of sp³-hybridized carbons (Fsp3) is 0.167. The van der Waals surface area contributed by atoms with Crippen LogP contribution in [-0.4, -0.2) is 42.9 Å². The predicted molar refractivity (Wildman–Crippen MR) is 120 cm³/mol. The number of carbonyl (C=O) groups is 2. The van der Waals surface area contributed by atoms with Crippen LogP contribution in [0.1, 0.15) is 4.88 Å². The predicted octanol–water partition coefficient (Wildman–Crippen LogP) is 4.13. The average Bonchev–Trinajstić information content (AvgIpc) is 3.42. The summed E-state index contributed by atoms with van der Waals surface area (Å²) in [6, 6.07) is 16.7. The number of rotatable bonds is 4. The van der Waals surface area contributed by atoms with Gasteiger partial charge in [0.1, 0.15) is 5.70 Å². The van der Waals surface area contributed by atoms with Gasteiger partial charge in [0.15, 0.2) is 11.6 Å². The van der Waals surface area contributed by atoms with Gasteiger partial charge in [0.25, 0.3) is 11.8 Å². The molecule has 2 aromatic carbocycles. The smallest absolute Gasteiger partial charge is 0.282 e. The lowest BCUT2D eigenvalue weighted by Gasteiger charge is -2.37. The highest BCUT2D eigenvalue weighted by atomic mass is 32.1. The molecule has 0 aliphatic carbocycles. The molecular weight excluding hydrogens is 432 g/mol. The van der Waals surface area contributed by atoms with Gasteiger partial charge in [0.2, 0.25) is 0 Å². The van der Waals surface area contributed by atoms with E-state index in [9.17, 15) is 18.4 Å². The lowest BCUT2D eigenvalue weighted by atomic mass is 10.1. The maximum absolute atomic E-state index is 13.9. The number of hydrogen-bond acceptors (Lipinski definition) is 5. The van der Waals surface area contributed by atoms with Crippen LogP contribution in [0.2, 0.25) is 0 Å². The molecule has 0 saturated carbocycles. The van der Waals surface area contributed by atoms with E-state index < -0.39 is 23.4 Å². The van der Waals surface area contributed by atoms with E-state index in [1.165, 1.54) is 17.4 Å². The highest BCUT2D eigenvalue weighted by molar-refractivity contribution is 7.11. The van der Waals surface area contributed by atoms with Gasteiger partial charge in [-0.3, -0.25) is 9.59 Å². The van der Waals surface area contributed by atoms with E-state index in [-0.39, 0.29) is 5.69 Å². The maximum Gasteiger partial charge on any atom is 0.282 e. The third-order valence-corrected chi connectivity index (χ3v) is 6.59. The van der Waals surface area contributed by atoms with Gasteiger partial charge in [-0.05, 0) is 35.7 Å². The van der Waals surface area contributed by atoms with Crippen LogP contribution in [0.5, 0.6) is 0 Å². The van der Waals surface area contributed by atoms with Gasteiger partial charge >= 0.3 is 0 Å². The molecule has 1 fully saturated rings. The van der Waals surface area contributed by atoms with Crippen LogP contribution in [0.4, 0.5) is 20.2 Å². The van der Waals surface area contributed by atoms with E-state index in [1.807, 2.05) is 46.7 Å². The summed E-state index contributed by atoms with van der Waals surface area (Å²) in [5, 5.41) is 1.84. The van der Waals surface area contributed by atoms with Gasteiger partial charge in [-0.25, -0.2) is 13.7 Å². The summed E-state index contributed by atoms with van der Waals surface area (Å²) in [6.45, 7) is 2.50. The molecule has 5 rings (SSSR count). The molecule has 2 aliphatic rings. The number of para-hydroxylation sites is 1. The lowest BCUT2D eigenvalue weighted by Crippen LogP contribution is -2.47. The second-order valence-electron chi connectivity index (χ2n) is 7.55. The lowest BCUT2D eigenvalue weighted by molar-refractivity contribution is -0.120. The van der Waals surface area contributed by atoms with Crippen molar-refractivity contribution in [3.05, 3.63) is 88.3 Å². The zero-order valence-corrected chi connectivity index (χ0v) is 17.8. The number of thiophene rings is 1. The number of imide groups is 1. The molecular formula is C24H19F2N3O2S. The third-order valence-electron chi connectivity index (χ3n) is 5.71. The minimum absolute atomic E-state index is 0.0193. The van der Waals surface area contributed by atoms with Gasteiger partial charge in [0, 0.05) is 42.8 Å². The monoisotopic (exact) mass is 451 g/mol. The van der Waals surface area contributed by atoms with E-state index in [4.69, 9.17) is 0 Å². The first-order chi connectivity index (χ1) is 15.5. The SMILES string of the molecule is O=C1C(c2cccs2)=C(N2CCN(c3ccccc3)CC2)C(=O)N1c1ccc(F)c(F)c1. The quantitative estimate of drug-likeness (QED) is 0.560. The van der Waals surface area contributed by atoms with Crippen molar-refractivity contribution in [3.8, 4) is 0 Å². The van der Waals surface area contributed by atoms with Gasteiger partial charge in [-0.1, -0.05) is 24.3 Å². The number of amides is 2. The van der Waals surface area contributed by atoms with E-state index in [2.05, 4.69) is 4.90 Å². The second kappa shape index (κ2) is 8.20. The number of halogens is 2. The van der Waals surface area contributed by atoms with Crippen LogP contribution < -0.4 is 9.80 Å². The summed E-state index contributed by atoms with van der Waals surface area (Å²) >= 11 is 1.37. The van der Waals surface area contributed by atoms with Crippen LogP contribution in [0, 0.1) is 11.6 Å². The van der Waals surface area contributed by atoms with Gasteiger partial charge < -0.3 is 9.80 Å². The molecule has 0 radical (unpaired) electrons. The van der Waals surface area contributed by atoms with Crippen molar-refractivity contribution < 1.29 is 18.4 Å². The average molecular weight is 451 g/mol. The minimum atomic E-state index is -1.11. The van der Waals surface area contributed by atoms with Crippen LogP contribution in [0.3, 0.4) is 0 Å². The third kappa shape index (κ3) is 3.46. The van der Waals surface area contributed by atoms with E-state index in [1.54, 1.807) is 6.07 Å². The molecule has 8 heteroatoms. The Morgan fingerprint density at radius 3 is 2.09 bits per heavy atom. The van der Waals surface area contributed by atoms with Crippen molar-refractivity contribution in [1.29, 1.82) is 0 Å². The Labute approximate surface area is 187 Å². The topological polar surface area (TPSA) is 43.9 Å². The molecule has 1 saturated heterocycles. The molecule has 0 spiro atoms. The van der Waals surface area contributed by atoms with Crippen molar-refractivity contribution >= 4 is 40.1 Å². The maximum atomic E-state index is 13.9. The Bertz CT molecular complexity index is 1200. The normalized spacial score (nSPS) is 17.0. The Hall–Kier alpha value is -3.52. The Balaban J connectivity index is 1.48. The summed E-state index contributed by atoms with van der Waals surface area (Å²) in [6.07, 6.45) is 0. The molecule has 0 unspecified atom stereocenters. The molecule has 0 atom stereocenters. The van der Waals surface area contributed by atoms with Crippen molar-refractivity contribution in [2.45, 2.75) is 0 Å². The molecule has 2 aliphatic heterocycles. The Kier molecular flexibility index (Phi) is 5.22. The summed E-state index contributed by atoms with van der Waals surface area (Å²) in [7, 11) is 0. The number of nitrogens with zero attached hydrogens (tertiary/aromatic N) is 3. The van der Waals surface area contributed by atoms with Crippen molar-refractivity contribution in [2.75, 3.05) is 36.0 Å². The van der Waals surface area contributed by atoms with Crippen LogP contribution in [0.25, 0.3) is 5.57 Å². The first-order valence-corrected chi connectivity index (χ1v) is 11.1. The van der Waals surface area contributed by atoms with Gasteiger partial charge in [0.05, 0.1) is 11.3 Å². The second-order valence-corrected chi connectivity index (χ2v) is 8.50. The largest absolute Gasteiger partial charge is 0.368 e. The number of hydrogen-bond donors (Lipinski definition) is 0. The molecule has 162 valence electrons. The first-order valence-electron chi connectivity index (χ1n) is 10.2. The Morgan fingerprint density at radius 2 is 1.44 bits per heavy atom. The van der Waals surface area contributed by atoms with Crippen LogP contribution in [0.15, 0.2) is 71.7 Å². The molecule has 3 aromatic rings. The fourth-order valence-corrected chi connectivity index (χ4v) is 4.90. The molecule has 1 aromatic heterocycles. The van der Waals surface area contributed by atoms with Crippen molar-refractivity contribution in [3.63, 3.8) is 0 Å². The number of carbonyl (C=O) groups excluding carboxylic acids is 2. The first kappa shape index (κ1) is 20.4. The molecule has 32 heavy (non-hydrogen) atoms. The number of benzene rings is 2. The summed E-state index contributed by atoms with van der Waals surface area (Å²) in [4.78, 5) is 32.6. The molecule has 3 heterocycles. The summed E-state index contributed by atoms with van der Waals surface area (Å²) in [5.74, 6) is -3.18. The number of anilines is 2. The van der Waals surface area contributed by atoms with Gasteiger partial charge in [-0.2, -0.15) is 0 Å². The molecule has 0 N–H and O–H groups in total. The zero-order valence-electron chi connectivity index (χ0n) is 17.0. The zero-order chi connectivity index (χ0) is 22.2. The van der Waals surface area contributed by atoms with Gasteiger partial charge in [-0.15, -0.1) is 11.3 Å².